The number of carbonyl (C=O) groups is 1. The van der Waals surface area contributed by atoms with Crippen LogP contribution < -0.4 is 5.73 Å². The number of piperidine rings is 1. The van der Waals surface area contributed by atoms with Gasteiger partial charge in [-0.25, -0.2) is 8.42 Å². The van der Waals surface area contributed by atoms with Crippen molar-refractivity contribution in [3.63, 3.8) is 0 Å². The second-order valence-electron chi connectivity index (χ2n) is 4.85. The van der Waals surface area contributed by atoms with Gasteiger partial charge in [-0.15, -0.1) is 0 Å². The summed E-state index contributed by atoms with van der Waals surface area (Å²) in [4.78, 5) is 11.2. The molecule has 1 amide bonds. The van der Waals surface area contributed by atoms with Gasteiger partial charge >= 0.3 is 0 Å². The SMILES string of the molecule is CC1CCCCN1S(=O)(=O)c1ccc(C(N)=O)cc1. The number of benzene rings is 1. The number of hydrogen-bond donors (Lipinski definition) is 1. The molecule has 1 fully saturated rings. The molecule has 1 aromatic rings. The lowest BCUT2D eigenvalue weighted by atomic mass is 10.1. The summed E-state index contributed by atoms with van der Waals surface area (Å²) < 4.78 is 26.5. The number of amides is 1. The fraction of sp³-hybridized carbons (Fsp3) is 0.462. The summed E-state index contributed by atoms with van der Waals surface area (Å²) in [6.07, 6.45) is 2.84. The van der Waals surface area contributed by atoms with Crippen LogP contribution in [0.5, 0.6) is 0 Å². The molecule has 19 heavy (non-hydrogen) atoms. The summed E-state index contributed by atoms with van der Waals surface area (Å²) in [5, 5.41) is 0. The predicted molar refractivity (Wildman–Crippen MR) is 72.2 cm³/mol. The largest absolute Gasteiger partial charge is 0.366 e. The third-order valence-electron chi connectivity index (χ3n) is 3.49. The molecule has 104 valence electrons. The van der Waals surface area contributed by atoms with Crippen LogP contribution in [0.25, 0.3) is 0 Å². The van der Waals surface area contributed by atoms with E-state index in [0.717, 1.165) is 19.3 Å². The summed E-state index contributed by atoms with van der Waals surface area (Å²) >= 11 is 0. The van der Waals surface area contributed by atoms with Crippen LogP contribution in [0.2, 0.25) is 0 Å². The van der Waals surface area contributed by atoms with Crippen LogP contribution in [0.4, 0.5) is 0 Å². The molecule has 1 heterocycles. The van der Waals surface area contributed by atoms with Crippen molar-refractivity contribution in [1.82, 2.24) is 4.31 Å². The number of sulfonamides is 1. The standard InChI is InChI=1S/C13H18N2O3S/c1-10-4-2-3-9-15(10)19(17,18)12-7-5-11(6-8-12)13(14)16/h5-8,10H,2-4,9H2,1H3,(H2,14,16). The molecule has 2 N–H and O–H groups in total. The van der Waals surface area contributed by atoms with E-state index >= 15 is 0 Å². The minimum atomic E-state index is -3.47. The Labute approximate surface area is 113 Å². The molecule has 0 aliphatic carbocycles. The van der Waals surface area contributed by atoms with Crippen molar-refractivity contribution in [3.05, 3.63) is 29.8 Å². The van der Waals surface area contributed by atoms with Crippen LogP contribution in [0, 0.1) is 0 Å². The highest BCUT2D eigenvalue weighted by atomic mass is 32.2. The fourth-order valence-corrected chi connectivity index (χ4v) is 4.05. The Balaban J connectivity index is 2.30. The molecule has 1 unspecified atom stereocenters. The third-order valence-corrected chi connectivity index (χ3v) is 5.52. The Morgan fingerprint density at radius 1 is 1.26 bits per heavy atom. The Kier molecular flexibility index (Phi) is 3.91. The maximum Gasteiger partial charge on any atom is 0.248 e. The molecule has 1 aliphatic heterocycles. The van der Waals surface area contributed by atoms with E-state index in [2.05, 4.69) is 0 Å². The number of carbonyl (C=O) groups excluding carboxylic acids is 1. The first-order valence-electron chi connectivity index (χ1n) is 6.34. The normalized spacial score (nSPS) is 21.2. The fourth-order valence-electron chi connectivity index (χ4n) is 2.36. The third kappa shape index (κ3) is 2.79. The first-order valence-corrected chi connectivity index (χ1v) is 7.78. The van der Waals surface area contributed by atoms with E-state index in [-0.39, 0.29) is 10.9 Å². The average Bonchev–Trinajstić information content (AvgIpc) is 2.39. The van der Waals surface area contributed by atoms with Crippen molar-refractivity contribution < 1.29 is 13.2 Å². The van der Waals surface area contributed by atoms with Crippen LogP contribution in [-0.4, -0.2) is 31.2 Å². The minimum absolute atomic E-state index is 0.0227. The van der Waals surface area contributed by atoms with Gasteiger partial charge in [0, 0.05) is 18.2 Å². The Morgan fingerprint density at radius 3 is 2.42 bits per heavy atom. The van der Waals surface area contributed by atoms with Gasteiger partial charge in [0.1, 0.15) is 0 Å². The minimum Gasteiger partial charge on any atom is -0.366 e. The highest BCUT2D eigenvalue weighted by molar-refractivity contribution is 7.89. The quantitative estimate of drug-likeness (QED) is 0.908. The molecular formula is C13H18N2O3S. The van der Waals surface area contributed by atoms with Gasteiger partial charge in [-0.2, -0.15) is 4.31 Å². The van der Waals surface area contributed by atoms with E-state index in [1.165, 1.54) is 28.6 Å². The molecule has 5 nitrogen and oxygen atoms in total. The zero-order chi connectivity index (χ0) is 14.0. The molecule has 1 atom stereocenters. The number of hydrogen-bond acceptors (Lipinski definition) is 3. The smallest absolute Gasteiger partial charge is 0.248 e. The lowest BCUT2D eigenvalue weighted by molar-refractivity contribution is 0.1000. The Morgan fingerprint density at radius 2 is 1.89 bits per heavy atom. The van der Waals surface area contributed by atoms with Gasteiger partial charge in [0.15, 0.2) is 0 Å². The summed E-state index contributed by atoms with van der Waals surface area (Å²) in [5.41, 5.74) is 5.45. The highest BCUT2D eigenvalue weighted by Gasteiger charge is 2.30. The van der Waals surface area contributed by atoms with Crippen LogP contribution in [0.15, 0.2) is 29.2 Å². The van der Waals surface area contributed by atoms with Gasteiger partial charge in [-0.1, -0.05) is 6.42 Å². The highest BCUT2D eigenvalue weighted by Crippen LogP contribution is 2.25. The molecule has 0 saturated carbocycles. The van der Waals surface area contributed by atoms with Crippen molar-refractivity contribution in [2.75, 3.05) is 6.54 Å². The van der Waals surface area contributed by atoms with Crippen LogP contribution in [0.3, 0.4) is 0 Å². The van der Waals surface area contributed by atoms with Gasteiger partial charge in [0.25, 0.3) is 0 Å². The molecule has 1 aromatic carbocycles. The summed E-state index contributed by atoms with van der Waals surface area (Å²) in [7, 11) is -3.47. The van der Waals surface area contributed by atoms with Crippen LogP contribution >= 0.6 is 0 Å². The van der Waals surface area contributed by atoms with Gasteiger partial charge in [0.2, 0.25) is 15.9 Å². The Bertz CT molecular complexity index is 566. The van der Waals surface area contributed by atoms with Gasteiger partial charge in [-0.3, -0.25) is 4.79 Å². The summed E-state index contributed by atoms with van der Waals surface area (Å²) in [5.74, 6) is -0.560. The molecule has 0 aromatic heterocycles. The molecule has 2 rings (SSSR count). The number of primary amides is 1. The van der Waals surface area contributed by atoms with E-state index in [4.69, 9.17) is 5.73 Å². The first kappa shape index (κ1) is 14.0. The van der Waals surface area contributed by atoms with E-state index in [9.17, 15) is 13.2 Å². The second-order valence-corrected chi connectivity index (χ2v) is 6.74. The zero-order valence-electron chi connectivity index (χ0n) is 10.9. The number of rotatable bonds is 3. The lowest BCUT2D eigenvalue weighted by Crippen LogP contribution is -2.41. The molecule has 0 radical (unpaired) electrons. The number of nitrogens with two attached hydrogens (primary N) is 1. The average molecular weight is 282 g/mol. The van der Waals surface area contributed by atoms with E-state index in [0.29, 0.717) is 12.1 Å². The summed E-state index contributed by atoms with van der Waals surface area (Å²) in [6, 6.07) is 5.80. The van der Waals surface area contributed by atoms with Gasteiger partial charge in [0.05, 0.1) is 4.90 Å². The maximum absolute atomic E-state index is 12.5. The van der Waals surface area contributed by atoms with Crippen molar-refractivity contribution in [2.45, 2.75) is 37.1 Å². The van der Waals surface area contributed by atoms with E-state index in [1.807, 2.05) is 6.92 Å². The molecule has 0 bridgehead atoms. The second kappa shape index (κ2) is 5.30. The molecule has 6 heteroatoms. The van der Waals surface area contributed by atoms with Gasteiger partial charge in [-0.05, 0) is 44.0 Å². The predicted octanol–water partition coefficient (Wildman–Crippen LogP) is 1.35. The molecule has 1 aliphatic rings. The van der Waals surface area contributed by atoms with Crippen molar-refractivity contribution >= 4 is 15.9 Å². The summed E-state index contributed by atoms with van der Waals surface area (Å²) in [6.45, 7) is 2.48. The zero-order valence-corrected chi connectivity index (χ0v) is 11.7. The van der Waals surface area contributed by atoms with E-state index in [1.54, 1.807) is 0 Å². The molecule has 0 spiro atoms. The molecule has 1 saturated heterocycles. The first-order chi connectivity index (χ1) is 8.93. The van der Waals surface area contributed by atoms with Crippen molar-refractivity contribution in [3.8, 4) is 0 Å². The number of nitrogens with zero attached hydrogens (tertiary/aromatic N) is 1. The van der Waals surface area contributed by atoms with Crippen molar-refractivity contribution in [2.24, 2.45) is 5.73 Å². The maximum atomic E-state index is 12.5. The van der Waals surface area contributed by atoms with Crippen LogP contribution in [0.1, 0.15) is 36.5 Å². The topological polar surface area (TPSA) is 80.5 Å². The van der Waals surface area contributed by atoms with Gasteiger partial charge < -0.3 is 5.73 Å². The Hall–Kier alpha value is -1.40. The molecular weight excluding hydrogens is 264 g/mol. The van der Waals surface area contributed by atoms with Crippen LogP contribution in [-0.2, 0) is 10.0 Å². The monoisotopic (exact) mass is 282 g/mol. The van der Waals surface area contributed by atoms with Crippen molar-refractivity contribution in [1.29, 1.82) is 0 Å². The van der Waals surface area contributed by atoms with E-state index < -0.39 is 15.9 Å². The lowest BCUT2D eigenvalue weighted by Gasteiger charge is -2.32.